The second-order valence-electron chi connectivity index (χ2n) is 6.42. The quantitative estimate of drug-likeness (QED) is 0.757. The van der Waals surface area contributed by atoms with Crippen LogP contribution in [0.15, 0.2) is 54.6 Å². The number of carbonyl (C=O) groups excluding carboxylic acids is 1. The zero-order valence-electron chi connectivity index (χ0n) is 14.5. The normalized spacial score (nSPS) is 13.1. The van der Waals surface area contributed by atoms with Crippen molar-refractivity contribution in [2.45, 2.75) is 32.4 Å². The number of nitrogens with one attached hydrogen (secondary N) is 2. The lowest BCUT2D eigenvalue weighted by Crippen LogP contribution is -2.28. The molecule has 1 aliphatic rings. The molecule has 132 valence electrons. The van der Waals surface area contributed by atoms with Crippen LogP contribution in [0.1, 0.15) is 24.2 Å². The summed E-state index contributed by atoms with van der Waals surface area (Å²) in [5.74, 6) is 1.92. The van der Waals surface area contributed by atoms with Gasteiger partial charge in [-0.3, -0.25) is 0 Å². The molecule has 3 aromatic rings. The maximum Gasteiger partial charge on any atom is 0.319 e. The Morgan fingerprint density at radius 2 is 1.92 bits per heavy atom. The van der Waals surface area contributed by atoms with Gasteiger partial charge in [0.05, 0.1) is 0 Å². The molecule has 6 heteroatoms. The minimum absolute atomic E-state index is 0.228. The van der Waals surface area contributed by atoms with Gasteiger partial charge in [-0.1, -0.05) is 42.5 Å². The van der Waals surface area contributed by atoms with Crippen LogP contribution in [-0.2, 0) is 19.5 Å². The molecular weight excluding hydrogens is 326 g/mol. The Labute approximate surface area is 152 Å². The minimum Gasteiger partial charge on any atom is -0.334 e. The van der Waals surface area contributed by atoms with Gasteiger partial charge in [0.1, 0.15) is 5.82 Å². The second kappa shape index (κ2) is 7.39. The van der Waals surface area contributed by atoms with Gasteiger partial charge in [-0.25, -0.2) is 4.79 Å². The van der Waals surface area contributed by atoms with E-state index in [1.54, 1.807) is 0 Å². The van der Waals surface area contributed by atoms with Crippen LogP contribution >= 0.6 is 0 Å². The van der Waals surface area contributed by atoms with Crippen LogP contribution in [0.2, 0.25) is 0 Å². The highest BCUT2D eigenvalue weighted by Gasteiger charge is 2.17. The van der Waals surface area contributed by atoms with Gasteiger partial charge in [0, 0.05) is 30.8 Å². The summed E-state index contributed by atoms with van der Waals surface area (Å²) in [7, 11) is 0. The maximum atomic E-state index is 12.2. The molecule has 1 aromatic heterocycles. The molecule has 4 rings (SSSR count). The van der Waals surface area contributed by atoms with E-state index in [0.29, 0.717) is 6.54 Å². The summed E-state index contributed by atoms with van der Waals surface area (Å²) in [5, 5.41) is 14.4. The first-order chi connectivity index (χ1) is 12.8. The lowest BCUT2D eigenvalue weighted by atomic mass is 10.1. The molecule has 2 heterocycles. The SMILES string of the molecule is O=C(NCc1ccccc1)Nc1cccc(-c2nnc3n2CCCC3)c1. The van der Waals surface area contributed by atoms with Gasteiger partial charge >= 0.3 is 6.03 Å². The second-order valence-corrected chi connectivity index (χ2v) is 6.42. The van der Waals surface area contributed by atoms with Gasteiger partial charge in [-0.15, -0.1) is 10.2 Å². The Hall–Kier alpha value is -3.15. The van der Waals surface area contributed by atoms with Gasteiger partial charge in [-0.05, 0) is 30.5 Å². The monoisotopic (exact) mass is 347 g/mol. The number of amides is 2. The van der Waals surface area contributed by atoms with E-state index in [1.165, 1.54) is 6.42 Å². The highest BCUT2D eigenvalue weighted by molar-refractivity contribution is 5.89. The fourth-order valence-electron chi connectivity index (χ4n) is 3.21. The standard InChI is InChI=1S/C20H21N5O/c26-20(21-14-15-7-2-1-3-8-15)22-17-10-6-9-16(13-17)19-24-23-18-11-4-5-12-25(18)19/h1-3,6-10,13H,4-5,11-12,14H2,(H2,21,22,26). The van der Waals surface area contributed by atoms with Crippen molar-refractivity contribution in [3.05, 3.63) is 66.0 Å². The summed E-state index contributed by atoms with van der Waals surface area (Å²) in [4.78, 5) is 12.2. The van der Waals surface area contributed by atoms with Gasteiger partial charge in [-0.2, -0.15) is 0 Å². The van der Waals surface area contributed by atoms with Crippen molar-refractivity contribution in [1.29, 1.82) is 0 Å². The third-order valence-corrected chi connectivity index (χ3v) is 4.53. The van der Waals surface area contributed by atoms with Crippen LogP contribution < -0.4 is 10.6 Å². The average Bonchev–Trinajstić information content (AvgIpc) is 3.12. The highest BCUT2D eigenvalue weighted by atomic mass is 16.2. The first-order valence-electron chi connectivity index (χ1n) is 8.91. The van der Waals surface area contributed by atoms with Crippen molar-refractivity contribution in [2.75, 3.05) is 5.32 Å². The van der Waals surface area contributed by atoms with E-state index in [9.17, 15) is 4.79 Å². The summed E-state index contributed by atoms with van der Waals surface area (Å²) in [6.45, 7) is 1.44. The van der Waals surface area contributed by atoms with Crippen LogP contribution in [0.25, 0.3) is 11.4 Å². The number of hydrogen-bond acceptors (Lipinski definition) is 3. The number of anilines is 1. The number of rotatable bonds is 4. The number of fused-ring (bicyclic) bond motifs is 1. The van der Waals surface area contributed by atoms with E-state index in [1.807, 2.05) is 54.6 Å². The fourth-order valence-corrected chi connectivity index (χ4v) is 3.21. The van der Waals surface area contributed by atoms with Crippen molar-refractivity contribution in [1.82, 2.24) is 20.1 Å². The molecule has 0 fully saturated rings. The van der Waals surface area contributed by atoms with Crippen LogP contribution in [0, 0.1) is 0 Å². The maximum absolute atomic E-state index is 12.2. The number of hydrogen-bond donors (Lipinski definition) is 2. The van der Waals surface area contributed by atoms with Crippen LogP contribution in [-0.4, -0.2) is 20.8 Å². The molecule has 0 saturated heterocycles. The lowest BCUT2D eigenvalue weighted by molar-refractivity contribution is 0.251. The van der Waals surface area contributed by atoms with E-state index in [4.69, 9.17) is 0 Å². The number of nitrogens with zero attached hydrogens (tertiary/aromatic N) is 3. The molecule has 0 radical (unpaired) electrons. The van der Waals surface area contributed by atoms with Crippen molar-refractivity contribution >= 4 is 11.7 Å². The molecule has 2 N–H and O–H groups in total. The molecule has 0 bridgehead atoms. The zero-order chi connectivity index (χ0) is 17.8. The van der Waals surface area contributed by atoms with Gasteiger partial charge in [0.2, 0.25) is 0 Å². The predicted octanol–water partition coefficient (Wildman–Crippen LogP) is 3.60. The lowest BCUT2D eigenvalue weighted by Gasteiger charge is -2.15. The summed E-state index contributed by atoms with van der Waals surface area (Å²) in [5.41, 5.74) is 2.76. The molecule has 0 saturated carbocycles. The summed E-state index contributed by atoms with van der Waals surface area (Å²) in [6, 6.07) is 17.3. The molecule has 0 aliphatic carbocycles. The van der Waals surface area contributed by atoms with Crippen molar-refractivity contribution in [3.63, 3.8) is 0 Å². The Morgan fingerprint density at radius 1 is 1.04 bits per heavy atom. The van der Waals surface area contributed by atoms with Crippen molar-refractivity contribution in [3.8, 4) is 11.4 Å². The van der Waals surface area contributed by atoms with E-state index < -0.39 is 0 Å². The number of carbonyl (C=O) groups is 1. The number of aryl methyl sites for hydroxylation is 1. The van der Waals surface area contributed by atoms with E-state index in [0.717, 1.165) is 47.8 Å². The van der Waals surface area contributed by atoms with Gasteiger partial charge < -0.3 is 15.2 Å². The first-order valence-corrected chi connectivity index (χ1v) is 8.91. The third-order valence-electron chi connectivity index (χ3n) is 4.53. The molecule has 0 spiro atoms. The average molecular weight is 347 g/mol. The topological polar surface area (TPSA) is 71.8 Å². The molecule has 1 aliphatic heterocycles. The Morgan fingerprint density at radius 3 is 2.81 bits per heavy atom. The number of urea groups is 1. The molecule has 6 nitrogen and oxygen atoms in total. The van der Waals surface area contributed by atoms with Crippen LogP contribution in [0.5, 0.6) is 0 Å². The molecule has 2 amide bonds. The Balaban J connectivity index is 1.44. The fraction of sp³-hybridized carbons (Fsp3) is 0.250. The third kappa shape index (κ3) is 3.59. The molecule has 0 atom stereocenters. The smallest absolute Gasteiger partial charge is 0.319 e. The van der Waals surface area contributed by atoms with Gasteiger partial charge in [0.15, 0.2) is 5.82 Å². The number of aromatic nitrogens is 3. The van der Waals surface area contributed by atoms with Crippen LogP contribution in [0.3, 0.4) is 0 Å². The van der Waals surface area contributed by atoms with Gasteiger partial charge in [0.25, 0.3) is 0 Å². The molecule has 2 aromatic carbocycles. The molecule has 26 heavy (non-hydrogen) atoms. The predicted molar refractivity (Wildman–Crippen MR) is 101 cm³/mol. The highest BCUT2D eigenvalue weighted by Crippen LogP contribution is 2.25. The Bertz CT molecular complexity index is 904. The number of benzene rings is 2. The molecular formula is C20H21N5O. The van der Waals surface area contributed by atoms with E-state index >= 15 is 0 Å². The summed E-state index contributed by atoms with van der Waals surface area (Å²) < 4.78 is 2.18. The minimum atomic E-state index is -0.228. The summed E-state index contributed by atoms with van der Waals surface area (Å²) >= 11 is 0. The summed E-state index contributed by atoms with van der Waals surface area (Å²) in [6.07, 6.45) is 3.30. The van der Waals surface area contributed by atoms with Crippen molar-refractivity contribution < 1.29 is 4.79 Å². The van der Waals surface area contributed by atoms with Crippen LogP contribution in [0.4, 0.5) is 10.5 Å². The Kier molecular flexibility index (Phi) is 4.64. The van der Waals surface area contributed by atoms with E-state index in [-0.39, 0.29) is 6.03 Å². The van der Waals surface area contributed by atoms with E-state index in [2.05, 4.69) is 25.4 Å². The zero-order valence-corrected chi connectivity index (χ0v) is 14.5. The molecule has 0 unspecified atom stereocenters. The first kappa shape index (κ1) is 16.3. The largest absolute Gasteiger partial charge is 0.334 e. The van der Waals surface area contributed by atoms with Crippen molar-refractivity contribution in [2.24, 2.45) is 0 Å².